The fourth-order valence-electron chi connectivity index (χ4n) is 2.70. The number of hydrogen-bond donors (Lipinski definition) is 1. The highest BCUT2D eigenvalue weighted by Gasteiger charge is 2.27. The topological polar surface area (TPSA) is 74.8 Å². The van der Waals surface area contributed by atoms with Crippen molar-refractivity contribution >= 4 is 52.5 Å². The summed E-state index contributed by atoms with van der Waals surface area (Å²) in [5.41, 5.74) is 0.290. The van der Waals surface area contributed by atoms with Gasteiger partial charge in [-0.05, 0) is 32.9 Å². The van der Waals surface area contributed by atoms with E-state index in [1.165, 1.54) is 11.3 Å². The average Bonchev–Trinajstić information content (AvgIpc) is 3.11. The fraction of sp³-hybridized carbons (Fsp3) is 0.421. The maximum atomic E-state index is 12.5. The van der Waals surface area contributed by atoms with Crippen molar-refractivity contribution in [1.29, 1.82) is 0 Å². The van der Waals surface area contributed by atoms with Gasteiger partial charge in [0.15, 0.2) is 0 Å². The Bertz CT molecular complexity index is 905. The summed E-state index contributed by atoms with van der Waals surface area (Å²) in [7, 11) is 0. The molecule has 2 aromatic rings. The van der Waals surface area contributed by atoms with E-state index in [2.05, 4.69) is 10.3 Å². The number of benzene rings is 1. The summed E-state index contributed by atoms with van der Waals surface area (Å²) >= 11 is 13.4. The molecule has 3 amide bonds. The zero-order chi connectivity index (χ0) is 21.2. The van der Waals surface area contributed by atoms with Gasteiger partial charge in [0.1, 0.15) is 16.4 Å². The molecule has 0 radical (unpaired) electrons. The average molecular weight is 457 g/mol. The lowest BCUT2D eigenvalue weighted by Gasteiger charge is -2.35. The van der Waals surface area contributed by atoms with Crippen molar-refractivity contribution in [1.82, 2.24) is 14.8 Å². The van der Waals surface area contributed by atoms with Crippen LogP contribution in [0.1, 0.15) is 20.8 Å². The number of thiazole rings is 1. The van der Waals surface area contributed by atoms with Crippen LogP contribution in [-0.4, -0.2) is 58.7 Å². The summed E-state index contributed by atoms with van der Waals surface area (Å²) in [6, 6.07) is 5.03. The van der Waals surface area contributed by atoms with Gasteiger partial charge in [0, 0.05) is 37.1 Å². The number of amides is 3. The van der Waals surface area contributed by atoms with E-state index >= 15 is 0 Å². The number of carbonyl (C=O) groups excluding carboxylic acids is 2. The van der Waals surface area contributed by atoms with E-state index in [0.29, 0.717) is 42.0 Å². The van der Waals surface area contributed by atoms with Crippen LogP contribution in [0.3, 0.4) is 0 Å². The zero-order valence-electron chi connectivity index (χ0n) is 16.4. The molecule has 3 rings (SSSR count). The van der Waals surface area contributed by atoms with Gasteiger partial charge in [-0.15, -0.1) is 11.3 Å². The van der Waals surface area contributed by atoms with E-state index in [1.54, 1.807) is 27.3 Å². The standard InChI is InChI=1S/C19H22Cl2N4O3S/c1-19(2,3)28-18(27)25-8-6-24(7-9-25)17(26)23-15-11-29-16(22-15)12-4-5-13(20)14(21)10-12/h4-5,10-11H,6-9H2,1-3H3,(H,23,26). The Morgan fingerprint density at radius 1 is 1.10 bits per heavy atom. The van der Waals surface area contributed by atoms with Crippen LogP contribution in [0.2, 0.25) is 10.0 Å². The molecule has 0 unspecified atom stereocenters. The van der Waals surface area contributed by atoms with Gasteiger partial charge in [0.2, 0.25) is 0 Å². The Balaban J connectivity index is 1.55. The summed E-state index contributed by atoms with van der Waals surface area (Å²) in [6.45, 7) is 7.18. The van der Waals surface area contributed by atoms with Gasteiger partial charge in [-0.25, -0.2) is 14.6 Å². The molecule has 156 valence electrons. The Kier molecular flexibility index (Phi) is 6.55. The number of anilines is 1. The van der Waals surface area contributed by atoms with Crippen molar-refractivity contribution in [3.05, 3.63) is 33.6 Å². The summed E-state index contributed by atoms with van der Waals surface area (Å²) in [5.74, 6) is 0.468. The molecule has 1 saturated heterocycles. The number of nitrogens with one attached hydrogen (secondary N) is 1. The quantitative estimate of drug-likeness (QED) is 0.673. The maximum Gasteiger partial charge on any atom is 0.410 e. The van der Waals surface area contributed by atoms with E-state index in [0.717, 1.165) is 10.6 Å². The van der Waals surface area contributed by atoms with Crippen LogP contribution >= 0.6 is 34.5 Å². The summed E-state index contributed by atoms with van der Waals surface area (Å²) < 4.78 is 5.37. The van der Waals surface area contributed by atoms with Crippen molar-refractivity contribution < 1.29 is 14.3 Å². The maximum absolute atomic E-state index is 12.5. The Morgan fingerprint density at radius 3 is 2.38 bits per heavy atom. The predicted octanol–water partition coefficient (Wildman–Crippen LogP) is 5.20. The van der Waals surface area contributed by atoms with Crippen LogP contribution in [0.15, 0.2) is 23.6 Å². The van der Waals surface area contributed by atoms with Gasteiger partial charge in [-0.1, -0.05) is 29.3 Å². The van der Waals surface area contributed by atoms with Gasteiger partial charge in [0.05, 0.1) is 10.0 Å². The first-order valence-corrected chi connectivity index (χ1v) is 10.7. The highest BCUT2D eigenvalue weighted by Crippen LogP contribution is 2.31. The van der Waals surface area contributed by atoms with Crippen molar-refractivity contribution in [3.8, 4) is 10.6 Å². The normalized spacial score (nSPS) is 14.7. The molecular formula is C19H22Cl2N4O3S. The number of nitrogens with zero attached hydrogens (tertiary/aromatic N) is 3. The monoisotopic (exact) mass is 456 g/mol. The fourth-order valence-corrected chi connectivity index (χ4v) is 3.75. The number of aromatic nitrogens is 1. The number of piperazine rings is 1. The molecule has 29 heavy (non-hydrogen) atoms. The van der Waals surface area contributed by atoms with Crippen LogP contribution in [0, 0.1) is 0 Å². The minimum atomic E-state index is -0.539. The highest BCUT2D eigenvalue weighted by molar-refractivity contribution is 7.13. The van der Waals surface area contributed by atoms with Gasteiger partial charge in [-0.2, -0.15) is 0 Å². The van der Waals surface area contributed by atoms with Gasteiger partial charge in [0.25, 0.3) is 0 Å². The smallest absolute Gasteiger partial charge is 0.410 e. The lowest BCUT2D eigenvalue weighted by Crippen LogP contribution is -2.52. The van der Waals surface area contributed by atoms with Crippen molar-refractivity contribution in [3.63, 3.8) is 0 Å². The third kappa shape index (κ3) is 5.74. The predicted molar refractivity (Wildman–Crippen MR) is 116 cm³/mol. The molecule has 7 nitrogen and oxygen atoms in total. The molecular weight excluding hydrogens is 435 g/mol. The summed E-state index contributed by atoms with van der Waals surface area (Å²) in [6.07, 6.45) is -0.358. The molecule has 1 aromatic heterocycles. The van der Waals surface area contributed by atoms with Crippen LogP contribution in [0.25, 0.3) is 10.6 Å². The SMILES string of the molecule is CC(C)(C)OC(=O)N1CCN(C(=O)Nc2csc(-c3ccc(Cl)c(Cl)c3)n2)CC1. The highest BCUT2D eigenvalue weighted by atomic mass is 35.5. The molecule has 1 aliphatic rings. The minimum Gasteiger partial charge on any atom is -0.444 e. The number of rotatable bonds is 2. The van der Waals surface area contributed by atoms with E-state index in [-0.39, 0.29) is 12.1 Å². The van der Waals surface area contributed by atoms with Crippen LogP contribution in [0.5, 0.6) is 0 Å². The second-order valence-corrected chi connectivity index (χ2v) is 9.22. The van der Waals surface area contributed by atoms with Crippen LogP contribution in [0.4, 0.5) is 15.4 Å². The number of ether oxygens (including phenoxy) is 1. The van der Waals surface area contributed by atoms with Gasteiger partial charge in [-0.3, -0.25) is 5.32 Å². The second-order valence-electron chi connectivity index (χ2n) is 7.55. The molecule has 2 heterocycles. The molecule has 0 bridgehead atoms. The van der Waals surface area contributed by atoms with Crippen molar-refractivity contribution in [2.45, 2.75) is 26.4 Å². The zero-order valence-corrected chi connectivity index (χ0v) is 18.7. The lowest BCUT2D eigenvalue weighted by molar-refractivity contribution is 0.0174. The first-order chi connectivity index (χ1) is 13.6. The third-order valence-corrected chi connectivity index (χ3v) is 5.75. The Labute approximate surface area is 183 Å². The van der Waals surface area contributed by atoms with Gasteiger partial charge >= 0.3 is 12.1 Å². The second kappa shape index (κ2) is 8.77. The minimum absolute atomic E-state index is 0.250. The summed E-state index contributed by atoms with van der Waals surface area (Å²) in [4.78, 5) is 32.4. The molecule has 0 saturated carbocycles. The van der Waals surface area contributed by atoms with Crippen molar-refractivity contribution in [2.75, 3.05) is 31.5 Å². The number of urea groups is 1. The molecule has 0 atom stereocenters. The van der Waals surface area contributed by atoms with E-state index in [1.807, 2.05) is 26.8 Å². The van der Waals surface area contributed by atoms with Crippen LogP contribution < -0.4 is 5.32 Å². The number of hydrogen-bond acceptors (Lipinski definition) is 5. The Hall–Kier alpha value is -2.03. The molecule has 0 aliphatic carbocycles. The third-order valence-electron chi connectivity index (χ3n) is 4.12. The molecule has 10 heteroatoms. The molecule has 1 aliphatic heterocycles. The largest absolute Gasteiger partial charge is 0.444 e. The van der Waals surface area contributed by atoms with E-state index in [9.17, 15) is 9.59 Å². The molecule has 1 aromatic carbocycles. The van der Waals surface area contributed by atoms with Crippen molar-refractivity contribution in [2.24, 2.45) is 0 Å². The molecule has 1 N–H and O–H groups in total. The molecule has 1 fully saturated rings. The Morgan fingerprint density at radius 2 is 1.76 bits per heavy atom. The first-order valence-electron chi connectivity index (χ1n) is 9.07. The van der Waals surface area contributed by atoms with E-state index in [4.69, 9.17) is 27.9 Å². The lowest BCUT2D eigenvalue weighted by atomic mass is 10.2. The number of halogens is 2. The van der Waals surface area contributed by atoms with Gasteiger partial charge < -0.3 is 14.5 Å². The molecule has 0 spiro atoms. The number of carbonyl (C=O) groups is 2. The first kappa shape index (κ1) is 21.7. The van der Waals surface area contributed by atoms with Crippen LogP contribution in [-0.2, 0) is 4.74 Å². The van der Waals surface area contributed by atoms with E-state index < -0.39 is 5.60 Å². The summed E-state index contributed by atoms with van der Waals surface area (Å²) in [5, 5.41) is 6.23.